The van der Waals surface area contributed by atoms with Gasteiger partial charge in [0, 0.05) is 23.7 Å². The topological polar surface area (TPSA) is 46.8 Å². The van der Waals surface area contributed by atoms with E-state index in [1.54, 1.807) is 4.57 Å². The van der Waals surface area contributed by atoms with E-state index >= 15 is 0 Å². The molecule has 152 valence electrons. The molecule has 10 heteroatoms. The normalized spacial score (nSPS) is 14.3. The minimum atomic E-state index is -4.97. The number of ether oxygens (including phenoxy) is 1. The molecule has 2 aromatic carbocycles. The van der Waals surface area contributed by atoms with Crippen molar-refractivity contribution in [2.24, 2.45) is 4.99 Å². The highest BCUT2D eigenvalue weighted by atomic mass is 19.4. The molecule has 0 bridgehead atoms. The molecule has 0 radical (unpaired) electrons. The fraction of sp³-hybridized carbons (Fsp3) is 0.211. The van der Waals surface area contributed by atoms with Crippen LogP contribution in [-0.4, -0.2) is 28.8 Å². The lowest BCUT2D eigenvalue weighted by Gasteiger charge is -2.16. The summed E-state index contributed by atoms with van der Waals surface area (Å²) in [6.45, 7) is 0.749. The predicted octanol–water partition coefficient (Wildman–Crippen LogP) is 5.36. The predicted molar refractivity (Wildman–Crippen MR) is 93.2 cm³/mol. The first-order valence-corrected chi connectivity index (χ1v) is 8.37. The summed E-state index contributed by atoms with van der Waals surface area (Å²) in [5.41, 5.74) is 0.264. The van der Waals surface area contributed by atoms with Gasteiger partial charge in [-0.15, -0.1) is 13.2 Å². The van der Waals surface area contributed by atoms with Crippen molar-refractivity contribution in [3.8, 4) is 22.6 Å². The van der Waals surface area contributed by atoms with E-state index in [9.17, 15) is 31.4 Å². The second kappa shape index (κ2) is 6.43. The van der Waals surface area contributed by atoms with Gasteiger partial charge in [-0.05, 0) is 29.8 Å². The van der Waals surface area contributed by atoms with Crippen LogP contribution in [0.4, 0.5) is 26.3 Å². The number of aromatic nitrogens is 1. The zero-order valence-corrected chi connectivity index (χ0v) is 14.5. The Labute approximate surface area is 159 Å². The lowest BCUT2D eigenvalue weighted by Crippen LogP contribution is -2.17. The number of rotatable bonds is 2. The van der Waals surface area contributed by atoms with Crippen LogP contribution in [0.25, 0.3) is 22.0 Å². The van der Waals surface area contributed by atoms with Gasteiger partial charge < -0.3 is 14.4 Å². The Hall–Kier alpha value is -3.17. The zero-order valence-electron chi connectivity index (χ0n) is 14.5. The molecule has 0 amide bonds. The van der Waals surface area contributed by atoms with E-state index in [4.69, 9.17) is 0 Å². The highest BCUT2D eigenvalue weighted by molar-refractivity contribution is 6.05. The molecule has 2 heterocycles. The van der Waals surface area contributed by atoms with Crippen LogP contribution in [0.15, 0.2) is 41.4 Å². The van der Waals surface area contributed by atoms with Gasteiger partial charge in [-0.3, -0.25) is 4.99 Å². The Kier molecular flexibility index (Phi) is 4.25. The minimum absolute atomic E-state index is 0.0880. The summed E-state index contributed by atoms with van der Waals surface area (Å²) in [6, 6.07) is 6.17. The molecular weight excluding hydrogens is 402 g/mol. The molecule has 1 N–H and O–H groups in total. The van der Waals surface area contributed by atoms with Crippen LogP contribution in [0.3, 0.4) is 0 Å². The monoisotopic (exact) mass is 414 g/mol. The van der Waals surface area contributed by atoms with Gasteiger partial charge in [0.25, 0.3) is 0 Å². The van der Waals surface area contributed by atoms with Crippen LogP contribution in [0.1, 0.15) is 11.3 Å². The standard InChI is InChI=1S/C19H12F6N2O2/c20-18(21,22)11-3-1-10(2-4-11)13-7-12(29-19(23,24)25)8-14-16(13)27-6-5-26-9-15(27)17(14)28/h1-4,7-9,28H,5-6H2. The van der Waals surface area contributed by atoms with Gasteiger partial charge >= 0.3 is 12.5 Å². The summed E-state index contributed by atoms with van der Waals surface area (Å²) in [5.74, 6) is -0.862. The number of fused-ring (bicyclic) bond motifs is 3. The van der Waals surface area contributed by atoms with E-state index in [1.165, 1.54) is 18.3 Å². The molecule has 3 aromatic rings. The van der Waals surface area contributed by atoms with Gasteiger partial charge in [0.05, 0.1) is 17.6 Å². The van der Waals surface area contributed by atoms with Gasteiger partial charge in [0.2, 0.25) is 0 Å². The summed E-state index contributed by atoms with van der Waals surface area (Å²) in [5, 5.41) is 10.6. The third-order valence-electron chi connectivity index (χ3n) is 4.56. The molecule has 4 rings (SSSR count). The average molecular weight is 414 g/mol. The molecule has 0 aliphatic carbocycles. The fourth-order valence-electron chi connectivity index (χ4n) is 3.39. The van der Waals surface area contributed by atoms with Crippen LogP contribution in [0.2, 0.25) is 0 Å². The quantitative estimate of drug-likeness (QED) is 0.574. The molecule has 29 heavy (non-hydrogen) atoms. The van der Waals surface area contributed by atoms with E-state index in [2.05, 4.69) is 9.73 Å². The second-order valence-corrected chi connectivity index (χ2v) is 6.41. The Morgan fingerprint density at radius 1 is 1.00 bits per heavy atom. The molecule has 4 nitrogen and oxygen atoms in total. The summed E-state index contributed by atoms with van der Waals surface area (Å²) >= 11 is 0. The van der Waals surface area contributed by atoms with E-state index in [0.717, 1.165) is 24.3 Å². The molecule has 0 saturated carbocycles. The summed E-state index contributed by atoms with van der Waals surface area (Å²) in [7, 11) is 0. The zero-order chi connectivity index (χ0) is 21.0. The Balaban J connectivity index is 1.97. The number of hydrogen-bond acceptors (Lipinski definition) is 3. The third-order valence-corrected chi connectivity index (χ3v) is 4.56. The first-order valence-electron chi connectivity index (χ1n) is 8.37. The number of nitrogens with zero attached hydrogens (tertiary/aromatic N) is 2. The van der Waals surface area contributed by atoms with Crippen LogP contribution in [-0.2, 0) is 12.7 Å². The van der Waals surface area contributed by atoms with Crippen LogP contribution >= 0.6 is 0 Å². The molecule has 1 aromatic heterocycles. The maximum atomic E-state index is 12.9. The fourth-order valence-corrected chi connectivity index (χ4v) is 3.39. The lowest BCUT2D eigenvalue weighted by molar-refractivity contribution is -0.274. The van der Waals surface area contributed by atoms with Gasteiger partial charge in [-0.2, -0.15) is 13.2 Å². The maximum absolute atomic E-state index is 12.9. The number of alkyl halides is 6. The smallest absolute Gasteiger partial charge is 0.505 e. The van der Waals surface area contributed by atoms with Crippen LogP contribution in [0, 0.1) is 0 Å². The summed E-state index contributed by atoms with van der Waals surface area (Å²) in [6.07, 6.45) is -8.11. The van der Waals surface area contributed by atoms with E-state index in [-0.39, 0.29) is 22.3 Å². The van der Waals surface area contributed by atoms with Crippen LogP contribution < -0.4 is 4.74 Å². The van der Waals surface area contributed by atoms with Crippen molar-refractivity contribution in [3.63, 3.8) is 0 Å². The molecule has 0 fully saturated rings. The first-order chi connectivity index (χ1) is 13.5. The van der Waals surface area contributed by atoms with E-state index in [1.807, 2.05) is 0 Å². The number of halogens is 6. The van der Waals surface area contributed by atoms with Gasteiger partial charge in [0.15, 0.2) is 0 Å². The van der Waals surface area contributed by atoms with Crippen molar-refractivity contribution in [2.45, 2.75) is 19.1 Å². The second-order valence-electron chi connectivity index (χ2n) is 6.41. The number of benzene rings is 2. The van der Waals surface area contributed by atoms with Crippen molar-refractivity contribution in [2.75, 3.05) is 6.54 Å². The Morgan fingerprint density at radius 3 is 2.31 bits per heavy atom. The molecule has 1 aliphatic rings. The third kappa shape index (κ3) is 3.50. The van der Waals surface area contributed by atoms with E-state index < -0.39 is 23.9 Å². The minimum Gasteiger partial charge on any atom is -0.505 e. The number of aliphatic imine (C=N–C) groups is 1. The average Bonchev–Trinajstić information content (AvgIpc) is 2.92. The molecular formula is C19H12F6N2O2. The Bertz CT molecular complexity index is 1110. The van der Waals surface area contributed by atoms with Crippen molar-refractivity contribution in [1.29, 1.82) is 0 Å². The van der Waals surface area contributed by atoms with Gasteiger partial charge in [-0.1, -0.05) is 12.1 Å². The first kappa shape index (κ1) is 19.2. The highest BCUT2D eigenvalue weighted by Crippen LogP contribution is 2.42. The summed E-state index contributed by atoms with van der Waals surface area (Å²) in [4.78, 5) is 4.06. The highest BCUT2D eigenvalue weighted by Gasteiger charge is 2.33. The van der Waals surface area contributed by atoms with Gasteiger partial charge in [0.1, 0.15) is 17.2 Å². The van der Waals surface area contributed by atoms with Crippen molar-refractivity contribution < 1.29 is 36.2 Å². The SMILES string of the molecule is Oc1c2n(c3c(-c4ccc(C(F)(F)F)cc4)cc(OC(F)(F)F)cc13)CCN=C2. The van der Waals surface area contributed by atoms with Crippen LogP contribution in [0.5, 0.6) is 11.5 Å². The van der Waals surface area contributed by atoms with Crippen molar-refractivity contribution in [3.05, 3.63) is 47.7 Å². The van der Waals surface area contributed by atoms with Crippen molar-refractivity contribution in [1.82, 2.24) is 4.57 Å². The summed E-state index contributed by atoms with van der Waals surface area (Å²) < 4.78 is 82.5. The van der Waals surface area contributed by atoms with E-state index in [0.29, 0.717) is 24.3 Å². The molecule has 0 spiro atoms. The number of aromatic hydroxyl groups is 1. The number of hydrogen-bond donors (Lipinski definition) is 1. The molecule has 0 atom stereocenters. The maximum Gasteiger partial charge on any atom is 0.573 e. The van der Waals surface area contributed by atoms with Crippen molar-refractivity contribution >= 4 is 17.1 Å². The molecule has 1 aliphatic heterocycles. The lowest BCUT2D eigenvalue weighted by atomic mass is 10.0. The molecule has 0 unspecified atom stereocenters. The van der Waals surface area contributed by atoms with Gasteiger partial charge in [-0.25, -0.2) is 0 Å². The largest absolute Gasteiger partial charge is 0.573 e. The Morgan fingerprint density at radius 2 is 1.69 bits per heavy atom. The molecule has 0 saturated heterocycles.